The van der Waals surface area contributed by atoms with Crippen molar-refractivity contribution >= 4 is 16.9 Å². The van der Waals surface area contributed by atoms with Gasteiger partial charge in [-0.2, -0.15) is 31.4 Å². The quantitative estimate of drug-likeness (QED) is 0.418. The minimum Gasteiger partial charge on any atom is -0.344 e. The molecular formula is C21H15F6N5O. The van der Waals surface area contributed by atoms with Crippen molar-refractivity contribution in [1.29, 1.82) is 0 Å². The van der Waals surface area contributed by atoms with E-state index in [4.69, 9.17) is 0 Å². The van der Waals surface area contributed by atoms with Gasteiger partial charge >= 0.3 is 12.4 Å². The summed E-state index contributed by atoms with van der Waals surface area (Å²) < 4.78 is 78.0. The molecular weight excluding hydrogens is 452 g/mol. The van der Waals surface area contributed by atoms with Gasteiger partial charge in [-0.05, 0) is 29.3 Å². The Morgan fingerprint density at radius 2 is 1.70 bits per heavy atom. The predicted octanol–water partition coefficient (Wildman–Crippen LogP) is 4.70. The summed E-state index contributed by atoms with van der Waals surface area (Å²) in [6, 6.07) is 12.9. The standard InChI is InChI=1S/C21H15F6N5O/c22-20(23,24)16-8-9-32(31-16)11-17(33)30-18(12-4-2-1-3-5-12)13-6-7-14-15(10-13)29-19(28-14)21(25,26)27/h1-10,18H,11H2,(H,28,29)(H,30,33). The minimum atomic E-state index is -4.65. The highest BCUT2D eigenvalue weighted by Crippen LogP contribution is 2.31. The maximum absolute atomic E-state index is 13.0. The van der Waals surface area contributed by atoms with Gasteiger partial charge in [0, 0.05) is 6.20 Å². The van der Waals surface area contributed by atoms with E-state index in [1.165, 1.54) is 18.2 Å². The van der Waals surface area contributed by atoms with E-state index in [2.05, 4.69) is 20.4 Å². The van der Waals surface area contributed by atoms with Crippen LogP contribution in [0.25, 0.3) is 11.0 Å². The van der Waals surface area contributed by atoms with Crippen LogP contribution in [0.2, 0.25) is 0 Å². The van der Waals surface area contributed by atoms with E-state index >= 15 is 0 Å². The van der Waals surface area contributed by atoms with Gasteiger partial charge < -0.3 is 10.3 Å². The van der Waals surface area contributed by atoms with Crippen LogP contribution < -0.4 is 5.32 Å². The van der Waals surface area contributed by atoms with Crippen molar-refractivity contribution in [2.24, 2.45) is 0 Å². The highest BCUT2D eigenvalue weighted by molar-refractivity contribution is 5.79. The van der Waals surface area contributed by atoms with Crippen molar-refractivity contribution in [3.05, 3.63) is 83.4 Å². The molecule has 2 aromatic heterocycles. The normalized spacial score (nSPS) is 13.3. The van der Waals surface area contributed by atoms with Gasteiger partial charge in [0.05, 0.1) is 17.1 Å². The number of amides is 1. The van der Waals surface area contributed by atoms with Gasteiger partial charge in [0.15, 0.2) is 5.69 Å². The van der Waals surface area contributed by atoms with Crippen LogP contribution in [0.4, 0.5) is 26.3 Å². The Bertz CT molecular complexity index is 1280. The highest BCUT2D eigenvalue weighted by Gasteiger charge is 2.35. The number of nitrogens with zero attached hydrogens (tertiary/aromatic N) is 3. The molecule has 6 nitrogen and oxygen atoms in total. The summed E-state index contributed by atoms with van der Waals surface area (Å²) in [4.78, 5) is 18.4. The van der Waals surface area contributed by atoms with Crippen molar-refractivity contribution in [3.63, 3.8) is 0 Å². The second kappa shape index (κ2) is 8.26. The first-order chi connectivity index (χ1) is 15.5. The molecule has 2 heterocycles. The lowest BCUT2D eigenvalue weighted by Gasteiger charge is -2.20. The largest absolute Gasteiger partial charge is 0.449 e. The summed E-state index contributed by atoms with van der Waals surface area (Å²) in [6.07, 6.45) is -8.25. The van der Waals surface area contributed by atoms with Crippen LogP contribution >= 0.6 is 0 Å². The third-order valence-corrected chi connectivity index (χ3v) is 4.78. The molecule has 0 spiro atoms. The maximum atomic E-state index is 13.0. The zero-order valence-electron chi connectivity index (χ0n) is 16.6. The van der Waals surface area contributed by atoms with E-state index in [0.717, 1.165) is 16.9 Å². The molecule has 12 heteroatoms. The molecule has 0 aliphatic carbocycles. The molecule has 2 N–H and O–H groups in total. The van der Waals surface area contributed by atoms with Gasteiger partial charge in [-0.15, -0.1) is 0 Å². The second-order valence-corrected chi connectivity index (χ2v) is 7.17. The van der Waals surface area contributed by atoms with Crippen molar-refractivity contribution < 1.29 is 31.1 Å². The number of rotatable bonds is 5. The average Bonchev–Trinajstić information content (AvgIpc) is 3.39. The highest BCUT2D eigenvalue weighted by atomic mass is 19.4. The fraction of sp³-hybridized carbons (Fsp3) is 0.190. The molecule has 0 aliphatic rings. The number of H-pyrrole nitrogens is 1. The van der Waals surface area contributed by atoms with Gasteiger partial charge in [0.1, 0.15) is 6.54 Å². The molecule has 0 aliphatic heterocycles. The Morgan fingerprint density at radius 3 is 2.33 bits per heavy atom. The second-order valence-electron chi connectivity index (χ2n) is 7.17. The molecule has 4 aromatic rings. The number of aromatic amines is 1. The summed E-state index contributed by atoms with van der Waals surface area (Å²) in [7, 11) is 0. The van der Waals surface area contributed by atoms with Crippen molar-refractivity contribution in [2.45, 2.75) is 24.9 Å². The topological polar surface area (TPSA) is 75.6 Å². The van der Waals surface area contributed by atoms with Gasteiger partial charge in [-0.3, -0.25) is 9.48 Å². The number of fused-ring (bicyclic) bond motifs is 1. The lowest BCUT2D eigenvalue weighted by molar-refractivity contribution is -0.144. The lowest BCUT2D eigenvalue weighted by Crippen LogP contribution is -2.32. The molecule has 2 aromatic carbocycles. The number of halogens is 6. The zero-order chi connectivity index (χ0) is 23.8. The summed E-state index contributed by atoms with van der Waals surface area (Å²) in [5, 5.41) is 6.06. The molecule has 33 heavy (non-hydrogen) atoms. The summed E-state index contributed by atoms with van der Waals surface area (Å²) in [6.45, 7) is -0.482. The van der Waals surface area contributed by atoms with Crippen LogP contribution in [0.5, 0.6) is 0 Å². The molecule has 1 amide bonds. The lowest BCUT2D eigenvalue weighted by atomic mass is 9.98. The van der Waals surface area contributed by atoms with Gasteiger partial charge in [-0.25, -0.2) is 4.98 Å². The van der Waals surface area contributed by atoms with Crippen LogP contribution in [-0.4, -0.2) is 25.7 Å². The van der Waals surface area contributed by atoms with Crippen molar-refractivity contribution in [3.8, 4) is 0 Å². The number of imidazole rings is 1. The number of nitrogens with one attached hydrogen (secondary N) is 2. The maximum Gasteiger partial charge on any atom is 0.449 e. The summed E-state index contributed by atoms with van der Waals surface area (Å²) >= 11 is 0. The fourth-order valence-electron chi connectivity index (χ4n) is 3.30. The van der Waals surface area contributed by atoms with Crippen LogP contribution in [-0.2, 0) is 23.7 Å². The van der Waals surface area contributed by atoms with E-state index in [1.54, 1.807) is 30.3 Å². The number of aromatic nitrogens is 4. The van der Waals surface area contributed by atoms with E-state index in [9.17, 15) is 31.1 Å². The van der Waals surface area contributed by atoms with Crippen LogP contribution in [0.15, 0.2) is 60.8 Å². The molecule has 0 fully saturated rings. The smallest absolute Gasteiger partial charge is 0.344 e. The number of alkyl halides is 6. The van der Waals surface area contributed by atoms with Gasteiger partial charge in [0.2, 0.25) is 11.7 Å². The zero-order valence-corrected chi connectivity index (χ0v) is 16.6. The van der Waals surface area contributed by atoms with Crippen LogP contribution in [0.3, 0.4) is 0 Å². The third-order valence-electron chi connectivity index (χ3n) is 4.78. The number of hydrogen-bond donors (Lipinski definition) is 2. The third kappa shape index (κ3) is 4.99. The Morgan fingerprint density at radius 1 is 0.970 bits per heavy atom. The van der Waals surface area contributed by atoms with Gasteiger partial charge in [-0.1, -0.05) is 36.4 Å². The molecule has 1 atom stereocenters. The minimum absolute atomic E-state index is 0.0976. The number of carbonyl (C=O) groups excluding carboxylic acids is 1. The first-order valence-corrected chi connectivity index (χ1v) is 9.52. The summed E-state index contributed by atoms with van der Waals surface area (Å²) in [5.41, 5.74) is 0.172. The number of hydrogen-bond acceptors (Lipinski definition) is 3. The Kier molecular flexibility index (Phi) is 5.60. The Labute approximate surface area is 182 Å². The Hall–Kier alpha value is -3.83. The van der Waals surface area contributed by atoms with E-state index in [-0.39, 0.29) is 11.0 Å². The predicted molar refractivity (Wildman–Crippen MR) is 105 cm³/mol. The SMILES string of the molecule is O=C(Cn1ccc(C(F)(F)F)n1)NC(c1ccccc1)c1ccc2nc(C(F)(F)F)[nH]c2c1. The molecule has 0 saturated heterocycles. The van der Waals surface area contributed by atoms with Crippen LogP contribution in [0, 0.1) is 0 Å². The molecule has 4 rings (SSSR count). The van der Waals surface area contributed by atoms with Crippen LogP contribution in [0.1, 0.15) is 28.7 Å². The van der Waals surface area contributed by atoms with Crippen molar-refractivity contribution in [2.75, 3.05) is 0 Å². The molecule has 0 radical (unpaired) electrons. The number of carbonyl (C=O) groups is 1. The fourth-order valence-corrected chi connectivity index (χ4v) is 3.30. The van der Waals surface area contributed by atoms with E-state index < -0.39 is 42.4 Å². The number of benzene rings is 2. The van der Waals surface area contributed by atoms with E-state index in [1.807, 2.05) is 0 Å². The first kappa shape index (κ1) is 22.4. The molecule has 172 valence electrons. The average molecular weight is 467 g/mol. The molecule has 0 bridgehead atoms. The van der Waals surface area contributed by atoms with Gasteiger partial charge in [0.25, 0.3) is 0 Å². The summed E-state index contributed by atoms with van der Waals surface area (Å²) in [5.74, 6) is -1.78. The Balaban J connectivity index is 1.62. The monoisotopic (exact) mass is 467 g/mol. The van der Waals surface area contributed by atoms with E-state index in [0.29, 0.717) is 11.1 Å². The van der Waals surface area contributed by atoms with Crippen molar-refractivity contribution in [1.82, 2.24) is 25.1 Å². The molecule has 0 saturated carbocycles. The molecule has 1 unspecified atom stereocenters. The first-order valence-electron chi connectivity index (χ1n) is 9.52.